The molecule has 0 unspecified atom stereocenters. The second-order valence-corrected chi connectivity index (χ2v) is 7.02. The lowest BCUT2D eigenvalue weighted by Crippen LogP contribution is -2.36. The van der Waals surface area contributed by atoms with Gasteiger partial charge in [-0.25, -0.2) is 8.42 Å². The van der Waals surface area contributed by atoms with Crippen LogP contribution in [-0.2, 0) is 19.6 Å². The molecule has 24 heavy (non-hydrogen) atoms. The Labute approximate surface area is 145 Å². The van der Waals surface area contributed by atoms with Crippen LogP contribution in [0, 0.1) is 0 Å². The highest BCUT2D eigenvalue weighted by atomic mass is 35.5. The predicted octanol–water partition coefficient (Wildman–Crippen LogP) is 2.72. The average Bonchev–Trinajstić information content (AvgIpc) is 2.60. The standard InChI is InChI=1S/C16H16ClNO5S/c1-22-15-9-8-12(17)10-14(15)18(11-16(19)23-2)24(20,21)13-6-4-3-5-7-13/h3-10H,11H2,1-2H3. The summed E-state index contributed by atoms with van der Waals surface area (Å²) >= 11 is 5.99. The highest BCUT2D eigenvalue weighted by molar-refractivity contribution is 7.92. The van der Waals surface area contributed by atoms with Gasteiger partial charge in [-0.1, -0.05) is 29.8 Å². The van der Waals surface area contributed by atoms with E-state index in [1.54, 1.807) is 24.3 Å². The van der Waals surface area contributed by atoms with Crippen molar-refractivity contribution in [2.75, 3.05) is 25.1 Å². The van der Waals surface area contributed by atoms with Crippen LogP contribution in [-0.4, -0.2) is 35.2 Å². The van der Waals surface area contributed by atoms with Crippen LogP contribution in [0.5, 0.6) is 5.75 Å². The molecule has 0 heterocycles. The van der Waals surface area contributed by atoms with Crippen molar-refractivity contribution in [2.45, 2.75) is 4.90 Å². The largest absolute Gasteiger partial charge is 0.495 e. The van der Waals surface area contributed by atoms with Crippen molar-refractivity contribution in [2.24, 2.45) is 0 Å². The second-order valence-electron chi connectivity index (χ2n) is 4.72. The number of esters is 1. The maximum Gasteiger partial charge on any atom is 0.326 e. The molecule has 2 aromatic carbocycles. The Morgan fingerprint density at radius 3 is 2.38 bits per heavy atom. The Kier molecular flexibility index (Phi) is 5.69. The zero-order valence-corrected chi connectivity index (χ0v) is 14.7. The van der Waals surface area contributed by atoms with Gasteiger partial charge in [-0.05, 0) is 30.3 Å². The number of carbonyl (C=O) groups is 1. The molecule has 0 aliphatic heterocycles. The van der Waals surface area contributed by atoms with Gasteiger partial charge < -0.3 is 9.47 Å². The molecule has 0 aliphatic carbocycles. The van der Waals surface area contributed by atoms with Crippen molar-refractivity contribution in [1.29, 1.82) is 0 Å². The molecule has 128 valence electrons. The third-order valence-corrected chi connectivity index (χ3v) is 5.25. The van der Waals surface area contributed by atoms with E-state index in [1.165, 1.54) is 38.5 Å². The Bertz CT molecular complexity index is 824. The molecule has 0 aliphatic rings. The zero-order valence-electron chi connectivity index (χ0n) is 13.1. The molecule has 0 N–H and O–H groups in total. The van der Waals surface area contributed by atoms with E-state index >= 15 is 0 Å². The molecule has 6 nitrogen and oxygen atoms in total. The van der Waals surface area contributed by atoms with Crippen LogP contribution in [0.15, 0.2) is 53.4 Å². The number of halogens is 1. The lowest BCUT2D eigenvalue weighted by Gasteiger charge is -2.25. The molecule has 0 radical (unpaired) electrons. The first-order chi connectivity index (χ1) is 11.4. The summed E-state index contributed by atoms with van der Waals surface area (Å²) < 4.78 is 36.7. The van der Waals surface area contributed by atoms with E-state index < -0.39 is 22.5 Å². The van der Waals surface area contributed by atoms with Crippen molar-refractivity contribution < 1.29 is 22.7 Å². The van der Waals surface area contributed by atoms with Crippen LogP contribution in [0.3, 0.4) is 0 Å². The van der Waals surface area contributed by atoms with Crippen molar-refractivity contribution in [3.05, 3.63) is 53.6 Å². The van der Waals surface area contributed by atoms with Crippen molar-refractivity contribution in [3.8, 4) is 5.75 Å². The summed E-state index contributed by atoms with van der Waals surface area (Å²) in [5, 5.41) is 0.309. The first-order valence-corrected chi connectivity index (χ1v) is 8.70. The number of ether oxygens (including phenoxy) is 2. The summed E-state index contributed by atoms with van der Waals surface area (Å²) in [4.78, 5) is 11.8. The van der Waals surface area contributed by atoms with E-state index in [1.807, 2.05) is 0 Å². The molecule has 0 atom stereocenters. The smallest absolute Gasteiger partial charge is 0.326 e. The summed E-state index contributed by atoms with van der Waals surface area (Å²) in [5.74, 6) is -0.445. The number of sulfonamides is 1. The van der Waals surface area contributed by atoms with Gasteiger partial charge in [0.25, 0.3) is 10.0 Å². The Hall–Kier alpha value is -2.25. The molecular formula is C16H16ClNO5S. The van der Waals surface area contributed by atoms with E-state index in [0.717, 1.165) is 4.31 Å². The number of hydrogen-bond acceptors (Lipinski definition) is 5. The monoisotopic (exact) mass is 369 g/mol. The number of benzene rings is 2. The maximum atomic E-state index is 13.0. The summed E-state index contributed by atoms with van der Waals surface area (Å²) in [7, 11) is -1.43. The van der Waals surface area contributed by atoms with Crippen molar-refractivity contribution in [3.63, 3.8) is 0 Å². The second kappa shape index (κ2) is 7.55. The summed E-state index contributed by atoms with van der Waals surface area (Å²) in [6.45, 7) is -0.509. The highest BCUT2D eigenvalue weighted by Crippen LogP contribution is 2.34. The quantitative estimate of drug-likeness (QED) is 0.732. The summed E-state index contributed by atoms with van der Waals surface area (Å²) in [6.07, 6.45) is 0. The molecule has 0 amide bonds. The molecule has 0 saturated heterocycles. The van der Waals surface area contributed by atoms with Crippen LogP contribution >= 0.6 is 11.6 Å². The van der Waals surface area contributed by atoms with Gasteiger partial charge in [-0.2, -0.15) is 0 Å². The molecule has 0 spiro atoms. The average molecular weight is 370 g/mol. The van der Waals surface area contributed by atoms with Gasteiger partial charge in [0.1, 0.15) is 12.3 Å². The van der Waals surface area contributed by atoms with Crippen LogP contribution in [0.1, 0.15) is 0 Å². The van der Waals surface area contributed by atoms with Gasteiger partial charge in [-0.3, -0.25) is 9.10 Å². The van der Waals surface area contributed by atoms with Gasteiger partial charge in [0.15, 0.2) is 0 Å². The molecule has 8 heteroatoms. The molecular weight excluding hydrogens is 354 g/mol. The minimum atomic E-state index is -4.01. The maximum absolute atomic E-state index is 13.0. The minimum absolute atomic E-state index is 0.0379. The fourth-order valence-electron chi connectivity index (χ4n) is 2.06. The fraction of sp³-hybridized carbons (Fsp3) is 0.188. The van der Waals surface area contributed by atoms with E-state index in [-0.39, 0.29) is 16.3 Å². The van der Waals surface area contributed by atoms with E-state index in [9.17, 15) is 13.2 Å². The summed E-state index contributed by atoms with van der Waals surface area (Å²) in [6, 6.07) is 12.3. The van der Waals surface area contributed by atoms with Gasteiger partial charge in [0, 0.05) is 5.02 Å². The minimum Gasteiger partial charge on any atom is -0.495 e. The first-order valence-electron chi connectivity index (χ1n) is 6.88. The topological polar surface area (TPSA) is 72.9 Å². The Morgan fingerprint density at radius 2 is 1.79 bits per heavy atom. The molecule has 0 aromatic heterocycles. The number of hydrogen-bond donors (Lipinski definition) is 0. The van der Waals surface area contributed by atoms with Crippen molar-refractivity contribution >= 4 is 33.3 Å². The highest BCUT2D eigenvalue weighted by Gasteiger charge is 2.29. The predicted molar refractivity (Wildman–Crippen MR) is 91.0 cm³/mol. The van der Waals surface area contributed by atoms with Crippen molar-refractivity contribution in [1.82, 2.24) is 0 Å². The van der Waals surface area contributed by atoms with E-state index in [2.05, 4.69) is 4.74 Å². The first kappa shape index (κ1) is 18.1. The molecule has 0 fully saturated rings. The SMILES string of the molecule is COC(=O)CN(c1cc(Cl)ccc1OC)S(=O)(=O)c1ccccc1. The zero-order chi connectivity index (χ0) is 17.7. The Morgan fingerprint density at radius 1 is 1.12 bits per heavy atom. The van der Waals surface area contributed by atoms with E-state index in [4.69, 9.17) is 16.3 Å². The Balaban J connectivity index is 2.62. The van der Waals surface area contributed by atoms with Crippen LogP contribution in [0.4, 0.5) is 5.69 Å². The fourth-order valence-corrected chi connectivity index (χ4v) is 3.66. The third-order valence-electron chi connectivity index (χ3n) is 3.24. The van der Waals surface area contributed by atoms with E-state index in [0.29, 0.717) is 5.02 Å². The molecule has 0 bridgehead atoms. The number of rotatable bonds is 6. The number of carbonyl (C=O) groups excluding carboxylic acids is 1. The van der Waals surface area contributed by atoms with Gasteiger partial charge in [-0.15, -0.1) is 0 Å². The number of anilines is 1. The normalized spacial score (nSPS) is 11.0. The van der Waals surface area contributed by atoms with Crippen LogP contribution < -0.4 is 9.04 Å². The van der Waals surface area contributed by atoms with Gasteiger partial charge >= 0.3 is 5.97 Å². The lowest BCUT2D eigenvalue weighted by molar-refractivity contribution is -0.138. The number of methoxy groups -OCH3 is 2. The number of nitrogens with zero attached hydrogens (tertiary/aromatic N) is 1. The van der Waals surface area contributed by atoms with Gasteiger partial charge in [0.05, 0.1) is 24.8 Å². The lowest BCUT2D eigenvalue weighted by atomic mass is 10.3. The third kappa shape index (κ3) is 3.80. The van der Waals surface area contributed by atoms with Crippen LogP contribution in [0.25, 0.3) is 0 Å². The molecule has 2 rings (SSSR count). The summed E-state index contributed by atoms with van der Waals surface area (Å²) in [5.41, 5.74) is 0.152. The molecule has 2 aromatic rings. The van der Waals surface area contributed by atoms with Crippen LogP contribution in [0.2, 0.25) is 5.02 Å². The van der Waals surface area contributed by atoms with Gasteiger partial charge in [0.2, 0.25) is 0 Å². The molecule has 0 saturated carbocycles.